The second-order valence-corrected chi connectivity index (χ2v) is 4.74. The third kappa shape index (κ3) is 3.50. The first-order valence-electron chi connectivity index (χ1n) is 6.12. The lowest BCUT2D eigenvalue weighted by Crippen LogP contribution is -2.22. The molecule has 0 saturated carbocycles. The summed E-state index contributed by atoms with van der Waals surface area (Å²) in [7, 11) is 3.39. The molecule has 2 atom stereocenters. The molecule has 2 nitrogen and oxygen atoms in total. The molecule has 1 aromatic carbocycles. The van der Waals surface area contributed by atoms with Crippen molar-refractivity contribution in [1.29, 1.82) is 0 Å². The first-order chi connectivity index (χ1) is 8.51. The number of methoxy groups -OCH3 is 1. The average molecular weight is 257 g/mol. The first-order valence-corrected chi connectivity index (χ1v) is 6.12. The Morgan fingerprint density at radius 3 is 2.50 bits per heavy atom. The zero-order valence-corrected chi connectivity index (χ0v) is 11.4. The van der Waals surface area contributed by atoms with Gasteiger partial charge in [0.25, 0.3) is 0 Å². The van der Waals surface area contributed by atoms with Crippen molar-refractivity contribution < 1.29 is 13.5 Å². The summed E-state index contributed by atoms with van der Waals surface area (Å²) in [5.41, 5.74) is 0.708. The fourth-order valence-electron chi connectivity index (χ4n) is 2.09. The van der Waals surface area contributed by atoms with Crippen molar-refractivity contribution in [3.05, 3.63) is 34.9 Å². The van der Waals surface area contributed by atoms with E-state index in [0.29, 0.717) is 24.2 Å². The van der Waals surface area contributed by atoms with E-state index in [0.717, 1.165) is 0 Å². The summed E-state index contributed by atoms with van der Waals surface area (Å²) in [6, 6.07) is 3.05. The maximum absolute atomic E-state index is 13.9. The molecular weight excluding hydrogens is 236 g/mol. The lowest BCUT2D eigenvalue weighted by molar-refractivity contribution is 0.149. The molecule has 4 heteroatoms. The maximum Gasteiger partial charge on any atom is 0.163 e. The third-order valence-electron chi connectivity index (χ3n) is 3.12. The normalized spacial score (nSPS) is 14.6. The minimum Gasteiger partial charge on any atom is -0.384 e. The van der Waals surface area contributed by atoms with Crippen molar-refractivity contribution in [3.8, 4) is 0 Å². The smallest absolute Gasteiger partial charge is 0.163 e. The van der Waals surface area contributed by atoms with Crippen molar-refractivity contribution in [1.82, 2.24) is 5.32 Å². The minimum atomic E-state index is -0.757. The molecule has 2 unspecified atom stereocenters. The summed E-state index contributed by atoms with van der Waals surface area (Å²) in [4.78, 5) is 0. The highest BCUT2D eigenvalue weighted by Crippen LogP contribution is 2.26. The van der Waals surface area contributed by atoms with Gasteiger partial charge in [0.2, 0.25) is 0 Å². The highest BCUT2D eigenvalue weighted by Gasteiger charge is 2.20. The van der Waals surface area contributed by atoms with Crippen molar-refractivity contribution in [2.24, 2.45) is 5.92 Å². The molecule has 0 amide bonds. The second-order valence-electron chi connectivity index (χ2n) is 4.74. The zero-order valence-electron chi connectivity index (χ0n) is 11.4. The number of halogens is 2. The molecule has 0 fully saturated rings. The molecule has 0 aromatic heterocycles. The van der Waals surface area contributed by atoms with Gasteiger partial charge in [-0.15, -0.1) is 0 Å². The van der Waals surface area contributed by atoms with Crippen LogP contribution in [0.3, 0.4) is 0 Å². The van der Waals surface area contributed by atoms with Gasteiger partial charge in [0, 0.05) is 25.3 Å². The Bertz CT molecular complexity index is 396. The summed E-state index contributed by atoms with van der Waals surface area (Å²) >= 11 is 0. The number of nitrogens with one attached hydrogen (secondary N) is 1. The molecule has 102 valence electrons. The van der Waals surface area contributed by atoms with Crippen LogP contribution in [0, 0.1) is 24.5 Å². The summed E-state index contributed by atoms with van der Waals surface area (Å²) < 4.78 is 32.5. The van der Waals surface area contributed by atoms with Gasteiger partial charge >= 0.3 is 0 Å². The average Bonchev–Trinajstić information content (AvgIpc) is 2.34. The van der Waals surface area contributed by atoms with Crippen molar-refractivity contribution in [2.75, 3.05) is 20.8 Å². The predicted molar refractivity (Wildman–Crippen MR) is 68.6 cm³/mol. The van der Waals surface area contributed by atoms with Crippen LogP contribution >= 0.6 is 0 Å². The number of ether oxygens (including phenoxy) is 1. The predicted octanol–water partition coefficient (Wildman–Crippen LogP) is 3.21. The number of hydrogen-bond acceptors (Lipinski definition) is 2. The summed E-state index contributed by atoms with van der Waals surface area (Å²) in [6.07, 6.45) is 0.698. The van der Waals surface area contributed by atoms with E-state index >= 15 is 0 Å². The van der Waals surface area contributed by atoms with E-state index in [4.69, 9.17) is 4.74 Å². The van der Waals surface area contributed by atoms with E-state index in [1.54, 1.807) is 33.2 Å². The second kappa shape index (κ2) is 6.81. The van der Waals surface area contributed by atoms with Crippen LogP contribution in [0.4, 0.5) is 8.78 Å². The number of benzene rings is 1. The van der Waals surface area contributed by atoms with Gasteiger partial charge in [-0.05, 0) is 31.9 Å². The van der Waals surface area contributed by atoms with Crippen LogP contribution in [0.5, 0.6) is 0 Å². The quantitative estimate of drug-likeness (QED) is 0.845. The van der Waals surface area contributed by atoms with Gasteiger partial charge in [-0.1, -0.05) is 19.1 Å². The van der Waals surface area contributed by atoms with Crippen LogP contribution in [0.1, 0.15) is 30.5 Å². The number of aryl methyl sites for hydroxylation is 1. The van der Waals surface area contributed by atoms with Gasteiger partial charge in [-0.25, -0.2) is 8.78 Å². The Kier molecular flexibility index (Phi) is 5.69. The number of rotatable bonds is 6. The molecule has 0 bridgehead atoms. The SMILES string of the molecule is CNC(CC(C)COC)c1ccc(C)c(F)c1F. The molecule has 0 radical (unpaired) electrons. The van der Waals surface area contributed by atoms with Crippen LogP contribution < -0.4 is 5.32 Å². The van der Waals surface area contributed by atoms with Crippen LogP contribution in [-0.4, -0.2) is 20.8 Å². The van der Waals surface area contributed by atoms with E-state index in [2.05, 4.69) is 5.32 Å². The highest BCUT2D eigenvalue weighted by atomic mass is 19.2. The Morgan fingerprint density at radius 1 is 1.28 bits per heavy atom. The summed E-state index contributed by atoms with van der Waals surface area (Å²) in [5, 5.41) is 3.03. The summed E-state index contributed by atoms with van der Waals surface area (Å²) in [6.45, 7) is 4.19. The van der Waals surface area contributed by atoms with E-state index in [1.165, 1.54) is 0 Å². The highest BCUT2D eigenvalue weighted by molar-refractivity contribution is 5.27. The van der Waals surface area contributed by atoms with Gasteiger partial charge in [-0.2, -0.15) is 0 Å². The molecular formula is C14H21F2NO. The Labute approximate surface area is 107 Å². The van der Waals surface area contributed by atoms with Crippen molar-refractivity contribution >= 4 is 0 Å². The molecule has 0 heterocycles. The molecule has 1 aromatic rings. The van der Waals surface area contributed by atoms with E-state index < -0.39 is 11.6 Å². The van der Waals surface area contributed by atoms with Crippen LogP contribution in [0.15, 0.2) is 12.1 Å². The Hall–Kier alpha value is -1.00. The molecule has 0 aliphatic rings. The van der Waals surface area contributed by atoms with E-state index in [9.17, 15) is 8.78 Å². The standard InChI is InChI=1S/C14H21F2NO/c1-9(8-18-4)7-12(17-3)11-6-5-10(2)13(15)14(11)16/h5-6,9,12,17H,7-8H2,1-4H3. The van der Waals surface area contributed by atoms with Gasteiger partial charge in [-0.3, -0.25) is 0 Å². The van der Waals surface area contributed by atoms with Crippen LogP contribution in [0.25, 0.3) is 0 Å². The molecule has 0 aliphatic carbocycles. The van der Waals surface area contributed by atoms with Crippen LogP contribution in [0.2, 0.25) is 0 Å². The van der Waals surface area contributed by atoms with Crippen molar-refractivity contribution in [2.45, 2.75) is 26.3 Å². The fraction of sp³-hybridized carbons (Fsp3) is 0.571. The van der Waals surface area contributed by atoms with E-state index in [1.807, 2.05) is 6.92 Å². The monoisotopic (exact) mass is 257 g/mol. The maximum atomic E-state index is 13.9. The Morgan fingerprint density at radius 2 is 1.94 bits per heavy atom. The van der Waals surface area contributed by atoms with Gasteiger partial charge in [0.05, 0.1) is 0 Å². The number of hydrogen-bond donors (Lipinski definition) is 1. The third-order valence-corrected chi connectivity index (χ3v) is 3.12. The van der Waals surface area contributed by atoms with Crippen LogP contribution in [-0.2, 0) is 4.74 Å². The molecule has 1 rings (SSSR count). The lowest BCUT2D eigenvalue weighted by atomic mass is 9.95. The summed E-state index contributed by atoms with van der Waals surface area (Å²) in [5.74, 6) is -1.23. The molecule has 0 aliphatic heterocycles. The molecule has 0 saturated heterocycles. The molecule has 0 spiro atoms. The largest absolute Gasteiger partial charge is 0.384 e. The lowest BCUT2D eigenvalue weighted by Gasteiger charge is -2.21. The topological polar surface area (TPSA) is 21.3 Å². The first kappa shape index (κ1) is 15.1. The van der Waals surface area contributed by atoms with Gasteiger partial charge in [0.1, 0.15) is 0 Å². The minimum absolute atomic E-state index is 0.203. The van der Waals surface area contributed by atoms with Gasteiger partial charge < -0.3 is 10.1 Å². The van der Waals surface area contributed by atoms with Gasteiger partial charge in [0.15, 0.2) is 11.6 Å². The fourth-order valence-corrected chi connectivity index (χ4v) is 2.09. The zero-order chi connectivity index (χ0) is 13.7. The van der Waals surface area contributed by atoms with E-state index in [-0.39, 0.29) is 12.0 Å². The Balaban J connectivity index is 2.92. The van der Waals surface area contributed by atoms with Crippen molar-refractivity contribution in [3.63, 3.8) is 0 Å². The molecule has 1 N–H and O–H groups in total. The molecule has 18 heavy (non-hydrogen) atoms.